The first-order valence-electron chi connectivity index (χ1n) is 6.61. The second kappa shape index (κ2) is 6.47. The molecule has 0 aliphatic rings. The van der Waals surface area contributed by atoms with Gasteiger partial charge in [0.1, 0.15) is 17.4 Å². The molecule has 0 aromatic heterocycles. The number of benzene rings is 1. The summed E-state index contributed by atoms with van der Waals surface area (Å²) in [4.78, 5) is 23.1. The fourth-order valence-electron chi connectivity index (χ4n) is 1.81. The van der Waals surface area contributed by atoms with Crippen molar-refractivity contribution in [3.05, 3.63) is 29.8 Å². The van der Waals surface area contributed by atoms with Gasteiger partial charge in [0.05, 0.1) is 0 Å². The summed E-state index contributed by atoms with van der Waals surface area (Å²) in [5.74, 6) is -1.53. The number of ether oxygens (including phenoxy) is 1. The molecule has 1 rings (SSSR count). The summed E-state index contributed by atoms with van der Waals surface area (Å²) < 4.78 is 5.07. The molecule has 0 aliphatic heterocycles. The van der Waals surface area contributed by atoms with Crippen molar-refractivity contribution in [1.82, 2.24) is 5.32 Å². The minimum absolute atomic E-state index is 0.0953. The standard InChI is InChI=1S/C15H21NO5/c1-9(10-5-7-11(17)8-6-10)12(13(18)19)16-14(20)21-15(2,3)4/h5-9,12,17H,1-4H3,(H,16,20)(H,18,19)/t9-,12+/m1/s1. The molecule has 0 spiro atoms. The summed E-state index contributed by atoms with van der Waals surface area (Å²) in [5.41, 5.74) is -0.00851. The largest absolute Gasteiger partial charge is 0.508 e. The van der Waals surface area contributed by atoms with Crippen LogP contribution < -0.4 is 5.32 Å². The second-order valence-electron chi connectivity index (χ2n) is 5.84. The molecule has 0 saturated carbocycles. The van der Waals surface area contributed by atoms with Crippen molar-refractivity contribution in [1.29, 1.82) is 0 Å². The zero-order valence-corrected chi connectivity index (χ0v) is 12.6. The molecule has 6 nitrogen and oxygen atoms in total. The van der Waals surface area contributed by atoms with Gasteiger partial charge in [0, 0.05) is 5.92 Å². The average molecular weight is 295 g/mol. The summed E-state index contributed by atoms with van der Waals surface area (Å²) in [5, 5.41) is 20.9. The first kappa shape index (κ1) is 16.8. The van der Waals surface area contributed by atoms with Gasteiger partial charge in [-0.1, -0.05) is 19.1 Å². The van der Waals surface area contributed by atoms with E-state index in [2.05, 4.69) is 5.32 Å². The molecule has 1 aromatic rings. The van der Waals surface area contributed by atoms with Gasteiger partial charge in [-0.2, -0.15) is 0 Å². The number of carbonyl (C=O) groups excluding carboxylic acids is 1. The van der Waals surface area contributed by atoms with Crippen molar-refractivity contribution in [3.8, 4) is 5.75 Å². The lowest BCUT2D eigenvalue weighted by Gasteiger charge is -2.25. The number of carbonyl (C=O) groups is 2. The highest BCUT2D eigenvalue weighted by Crippen LogP contribution is 2.22. The predicted octanol–water partition coefficient (Wildman–Crippen LogP) is 2.47. The molecule has 116 valence electrons. The smallest absolute Gasteiger partial charge is 0.408 e. The summed E-state index contributed by atoms with van der Waals surface area (Å²) in [6.07, 6.45) is -0.777. The molecule has 0 aliphatic carbocycles. The van der Waals surface area contributed by atoms with Crippen LogP contribution in [0.3, 0.4) is 0 Å². The Labute approximate surface area is 123 Å². The Kier molecular flexibility index (Phi) is 5.18. The number of rotatable bonds is 4. The van der Waals surface area contributed by atoms with Gasteiger partial charge in [-0.25, -0.2) is 9.59 Å². The third-order valence-corrected chi connectivity index (χ3v) is 2.86. The van der Waals surface area contributed by atoms with E-state index < -0.39 is 29.6 Å². The van der Waals surface area contributed by atoms with Crippen LogP contribution in [0.1, 0.15) is 39.2 Å². The van der Waals surface area contributed by atoms with Crippen molar-refractivity contribution in [2.75, 3.05) is 0 Å². The zero-order chi connectivity index (χ0) is 16.2. The average Bonchev–Trinajstić information content (AvgIpc) is 2.33. The molecule has 0 heterocycles. The molecule has 0 saturated heterocycles. The molecule has 6 heteroatoms. The van der Waals surface area contributed by atoms with Crippen LogP contribution in [-0.2, 0) is 9.53 Å². The quantitative estimate of drug-likeness (QED) is 0.793. The molecule has 1 amide bonds. The number of hydrogen-bond acceptors (Lipinski definition) is 4. The van der Waals surface area contributed by atoms with Crippen LogP contribution in [0.25, 0.3) is 0 Å². The monoisotopic (exact) mass is 295 g/mol. The van der Waals surface area contributed by atoms with Crippen LogP contribution >= 0.6 is 0 Å². The Morgan fingerprint density at radius 2 is 1.71 bits per heavy atom. The molecule has 1 aromatic carbocycles. The summed E-state index contributed by atoms with van der Waals surface area (Å²) in [7, 11) is 0. The van der Waals surface area contributed by atoms with Crippen LogP contribution in [0.5, 0.6) is 5.75 Å². The number of carboxylic acid groups (broad SMARTS) is 1. The predicted molar refractivity (Wildman–Crippen MR) is 77.3 cm³/mol. The van der Waals surface area contributed by atoms with Crippen LogP contribution in [0.2, 0.25) is 0 Å². The molecule has 2 atom stereocenters. The van der Waals surface area contributed by atoms with E-state index in [-0.39, 0.29) is 5.75 Å². The number of aliphatic carboxylic acids is 1. The lowest BCUT2D eigenvalue weighted by Crippen LogP contribution is -2.46. The molecule has 0 radical (unpaired) electrons. The van der Waals surface area contributed by atoms with Gasteiger partial charge in [-0.15, -0.1) is 0 Å². The third-order valence-electron chi connectivity index (χ3n) is 2.86. The summed E-state index contributed by atoms with van der Waals surface area (Å²) in [6, 6.07) is 5.06. The summed E-state index contributed by atoms with van der Waals surface area (Å²) in [6.45, 7) is 6.78. The van der Waals surface area contributed by atoms with Crippen LogP contribution in [0.4, 0.5) is 4.79 Å². The van der Waals surface area contributed by atoms with Gasteiger partial charge in [0.25, 0.3) is 0 Å². The Morgan fingerprint density at radius 3 is 2.14 bits per heavy atom. The van der Waals surface area contributed by atoms with Gasteiger partial charge >= 0.3 is 12.1 Å². The van der Waals surface area contributed by atoms with Gasteiger partial charge in [-0.05, 0) is 38.5 Å². The van der Waals surface area contributed by atoms with Crippen molar-refractivity contribution < 1.29 is 24.5 Å². The molecular weight excluding hydrogens is 274 g/mol. The molecule has 3 N–H and O–H groups in total. The number of phenols is 1. The van der Waals surface area contributed by atoms with Crippen molar-refractivity contribution in [2.45, 2.75) is 45.3 Å². The maximum Gasteiger partial charge on any atom is 0.408 e. The molecule has 0 unspecified atom stereocenters. The third kappa shape index (κ3) is 5.33. The minimum Gasteiger partial charge on any atom is -0.508 e. The van der Waals surface area contributed by atoms with Crippen molar-refractivity contribution in [3.63, 3.8) is 0 Å². The summed E-state index contributed by atoms with van der Waals surface area (Å²) >= 11 is 0. The lowest BCUT2D eigenvalue weighted by atomic mass is 9.93. The molecular formula is C15H21NO5. The van der Waals surface area contributed by atoms with E-state index >= 15 is 0 Å². The van der Waals surface area contributed by atoms with Gasteiger partial charge in [0.15, 0.2) is 0 Å². The highest BCUT2D eigenvalue weighted by Gasteiger charge is 2.29. The Morgan fingerprint density at radius 1 is 1.19 bits per heavy atom. The number of aromatic hydroxyl groups is 1. The lowest BCUT2D eigenvalue weighted by molar-refractivity contribution is -0.140. The normalized spacial score (nSPS) is 14.1. The molecule has 0 fully saturated rings. The number of carboxylic acids is 1. The fraction of sp³-hybridized carbons (Fsp3) is 0.467. The Bertz CT molecular complexity index is 504. The highest BCUT2D eigenvalue weighted by molar-refractivity contribution is 5.81. The topological polar surface area (TPSA) is 95.9 Å². The molecule has 0 bridgehead atoms. The van der Waals surface area contributed by atoms with Crippen LogP contribution in [0, 0.1) is 0 Å². The Balaban J connectivity index is 2.84. The fourth-order valence-corrected chi connectivity index (χ4v) is 1.81. The van der Waals surface area contributed by atoms with Crippen molar-refractivity contribution in [2.24, 2.45) is 0 Å². The van der Waals surface area contributed by atoms with Gasteiger partial charge in [0.2, 0.25) is 0 Å². The molecule has 21 heavy (non-hydrogen) atoms. The van der Waals surface area contributed by atoms with Crippen LogP contribution in [-0.4, -0.2) is 33.9 Å². The number of nitrogens with one attached hydrogen (secondary N) is 1. The maximum atomic E-state index is 11.7. The number of phenolic OH excluding ortho intramolecular Hbond substituents is 1. The van der Waals surface area contributed by atoms with Gasteiger partial charge in [-0.3, -0.25) is 0 Å². The van der Waals surface area contributed by atoms with E-state index in [1.165, 1.54) is 12.1 Å². The first-order chi connectivity index (χ1) is 9.60. The second-order valence-corrected chi connectivity index (χ2v) is 5.84. The van der Waals surface area contributed by atoms with E-state index in [4.69, 9.17) is 4.74 Å². The first-order valence-corrected chi connectivity index (χ1v) is 6.61. The van der Waals surface area contributed by atoms with Crippen molar-refractivity contribution >= 4 is 12.1 Å². The SMILES string of the molecule is C[C@H](c1ccc(O)cc1)[C@H](NC(=O)OC(C)(C)C)C(=O)O. The van der Waals surface area contributed by atoms with E-state index in [9.17, 15) is 19.8 Å². The maximum absolute atomic E-state index is 11.7. The highest BCUT2D eigenvalue weighted by atomic mass is 16.6. The number of hydrogen-bond donors (Lipinski definition) is 3. The Hall–Kier alpha value is -2.24. The van der Waals surface area contributed by atoms with E-state index in [1.807, 2.05) is 0 Å². The minimum atomic E-state index is -1.15. The zero-order valence-electron chi connectivity index (χ0n) is 12.6. The van der Waals surface area contributed by atoms with Gasteiger partial charge < -0.3 is 20.3 Å². The van der Waals surface area contributed by atoms with E-state index in [0.717, 1.165) is 0 Å². The van der Waals surface area contributed by atoms with E-state index in [0.29, 0.717) is 5.56 Å². The van der Waals surface area contributed by atoms with E-state index in [1.54, 1.807) is 39.8 Å². The number of alkyl carbamates (subject to hydrolysis) is 1. The van der Waals surface area contributed by atoms with Crippen LogP contribution in [0.15, 0.2) is 24.3 Å². The number of amides is 1.